The number of nitrogens with zero attached hydrogens (tertiary/aromatic N) is 3. The van der Waals surface area contributed by atoms with E-state index in [0.29, 0.717) is 5.69 Å². The molecule has 3 rings (SSSR count). The molecule has 2 heterocycles. The van der Waals surface area contributed by atoms with Gasteiger partial charge in [0.05, 0.1) is 11.9 Å². The van der Waals surface area contributed by atoms with Gasteiger partial charge in [-0.2, -0.15) is 0 Å². The zero-order chi connectivity index (χ0) is 19.8. The minimum atomic E-state index is -0.155. The molecular weight excluding hydrogens is 348 g/mol. The van der Waals surface area contributed by atoms with Gasteiger partial charge in [-0.1, -0.05) is 44.2 Å². The number of benzene rings is 1. The first-order valence-corrected chi connectivity index (χ1v) is 10.1. The van der Waals surface area contributed by atoms with Crippen LogP contribution in [0.3, 0.4) is 0 Å². The van der Waals surface area contributed by atoms with E-state index in [2.05, 4.69) is 33.9 Å². The molecule has 0 bridgehead atoms. The molecule has 5 heteroatoms. The third-order valence-electron chi connectivity index (χ3n) is 4.96. The quantitative estimate of drug-likeness (QED) is 0.743. The van der Waals surface area contributed by atoms with Crippen molar-refractivity contribution in [2.75, 3.05) is 42.9 Å². The van der Waals surface area contributed by atoms with Crippen molar-refractivity contribution in [3.05, 3.63) is 60.3 Å². The topological polar surface area (TPSA) is 48.5 Å². The Labute approximate surface area is 168 Å². The highest BCUT2D eigenvalue weighted by atomic mass is 16.1. The fourth-order valence-corrected chi connectivity index (χ4v) is 3.21. The van der Waals surface area contributed by atoms with Crippen LogP contribution in [0, 0.1) is 5.92 Å². The first-order valence-electron chi connectivity index (χ1n) is 10.1. The van der Waals surface area contributed by atoms with Crippen LogP contribution in [0.2, 0.25) is 0 Å². The van der Waals surface area contributed by atoms with Crippen molar-refractivity contribution in [2.24, 2.45) is 5.92 Å². The number of nitrogens with one attached hydrogen (secondary N) is 1. The smallest absolute Gasteiger partial charge is 0.248 e. The largest absolute Gasteiger partial charge is 0.354 e. The lowest BCUT2D eigenvalue weighted by atomic mass is 10.1. The summed E-state index contributed by atoms with van der Waals surface area (Å²) < 4.78 is 0. The molecule has 0 radical (unpaired) electrons. The molecule has 5 nitrogen and oxygen atoms in total. The van der Waals surface area contributed by atoms with E-state index < -0.39 is 0 Å². The lowest BCUT2D eigenvalue weighted by molar-refractivity contribution is -0.111. The predicted molar refractivity (Wildman–Crippen MR) is 116 cm³/mol. The van der Waals surface area contributed by atoms with E-state index in [1.165, 1.54) is 13.0 Å². The summed E-state index contributed by atoms with van der Waals surface area (Å²) in [6, 6.07) is 13.7. The summed E-state index contributed by atoms with van der Waals surface area (Å²) in [5.41, 5.74) is 1.71. The highest BCUT2D eigenvalue weighted by Gasteiger charge is 2.17. The first-order chi connectivity index (χ1) is 13.6. The van der Waals surface area contributed by atoms with Crippen LogP contribution in [0.4, 0.5) is 11.5 Å². The molecule has 0 aliphatic carbocycles. The van der Waals surface area contributed by atoms with E-state index in [1.807, 2.05) is 42.5 Å². The molecule has 0 saturated carbocycles. The summed E-state index contributed by atoms with van der Waals surface area (Å²) in [6.07, 6.45) is 6.33. The number of carbonyl (C=O) groups is 1. The van der Waals surface area contributed by atoms with Gasteiger partial charge in [0, 0.05) is 32.3 Å². The Morgan fingerprint density at radius 2 is 1.86 bits per heavy atom. The normalized spacial score (nSPS) is 15.3. The van der Waals surface area contributed by atoms with Gasteiger partial charge in [-0.05, 0) is 42.7 Å². The number of piperazine rings is 1. The predicted octanol–water partition coefficient (Wildman–Crippen LogP) is 3.90. The van der Waals surface area contributed by atoms with E-state index in [-0.39, 0.29) is 5.91 Å². The number of hydrogen-bond acceptors (Lipinski definition) is 4. The summed E-state index contributed by atoms with van der Waals surface area (Å²) in [7, 11) is 0. The van der Waals surface area contributed by atoms with Crippen molar-refractivity contribution in [1.82, 2.24) is 9.88 Å². The van der Waals surface area contributed by atoms with Crippen LogP contribution in [0.15, 0.2) is 54.7 Å². The Balaban J connectivity index is 1.47. The maximum absolute atomic E-state index is 12.1. The van der Waals surface area contributed by atoms with Gasteiger partial charge in [-0.3, -0.25) is 9.69 Å². The van der Waals surface area contributed by atoms with Gasteiger partial charge < -0.3 is 10.2 Å². The second kappa shape index (κ2) is 10.0. The lowest BCUT2D eigenvalue weighted by Gasteiger charge is -2.35. The van der Waals surface area contributed by atoms with Gasteiger partial charge in [-0.15, -0.1) is 0 Å². The Morgan fingerprint density at radius 1 is 1.11 bits per heavy atom. The summed E-state index contributed by atoms with van der Waals surface area (Å²) in [5.74, 6) is 1.57. The van der Waals surface area contributed by atoms with Gasteiger partial charge in [-0.25, -0.2) is 4.98 Å². The molecule has 1 N–H and O–H groups in total. The van der Waals surface area contributed by atoms with Gasteiger partial charge in [0.25, 0.3) is 0 Å². The van der Waals surface area contributed by atoms with Crippen molar-refractivity contribution in [3.8, 4) is 0 Å². The van der Waals surface area contributed by atoms with Gasteiger partial charge in [0.2, 0.25) is 5.91 Å². The molecular formula is C23H30N4O. The van der Waals surface area contributed by atoms with Crippen LogP contribution in [0.25, 0.3) is 6.08 Å². The molecule has 0 unspecified atom stereocenters. The second-order valence-electron chi connectivity index (χ2n) is 7.65. The molecule has 0 atom stereocenters. The van der Waals surface area contributed by atoms with Crippen molar-refractivity contribution in [2.45, 2.75) is 20.3 Å². The van der Waals surface area contributed by atoms with Crippen LogP contribution < -0.4 is 10.2 Å². The van der Waals surface area contributed by atoms with E-state index in [1.54, 1.807) is 18.3 Å². The number of carbonyl (C=O) groups excluding carboxylic acids is 1. The minimum absolute atomic E-state index is 0.155. The summed E-state index contributed by atoms with van der Waals surface area (Å²) >= 11 is 0. The maximum atomic E-state index is 12.1. The Morgan fingerprint density at radius 3 is 2.50 bits per heavy atom. The van der Waals surface area contributed by atoms with Crippen molar-refractivity contribution in [1.29, 1.82) is 0 Å². The number of hydrogen-bond donors (Lipinski definition) is 1. The molecule has 148 valence electrons. The monoisotopic (exact) mass is 378 g/mol. The number of amides is 1. The third-order valence-corrected chi connectivity index (χ3v) is 4.96. The molecule has 1 amide bonds. The highest BCUT2D eigenvalue weighted by Crippen LogP contribution is 2.17. The molecule has 1 fully saturated rings. The van der Waals surface area contributed by atoms with E-state index in [4.69, 9.17) is 0 Å². The molecule has 0 spiro atoms. The SMILES string of the molecule is CC(C)CCN1CCN(c2ccc(NC(=O)/C=C/c3ccccc3)cn2)CC1. The van der Waals surface area contributed by atoms with Crippen LogP contribution >= 0.6 is 0 Å². The van der Waals surface area contributed by atoms with E-state index >= 15 is 0 Å². The number of anilines is 2. The number of pyridine rings is 1. The maximum Gasteiger partial charge on any atom is 0.248 e. The molecule has 1 aromatic carbocycles. The summed E-state index contributed by atoms with van der Waals surface area (Å²) in [5, 5.41) is 2.86. The van der Waals surface area contributed by atoms with Crippen molar-refractivity contribution >= 4 is 23.5 Å². The molecule has 1 saturated heterocycles. The fourth-order valence-electron chi connectivity index (χ4n) is 3.21. The van der Waals surface area contributed by atoms with Gasteiger partial charge in [0.15, 0.2) is 0 Å². The third kappa shape index (κ3) is 6.20. The number of aromatic nitrogens is 1. The van der Waals surface area contributed by atoms with Crippen molar-refractivity contribution < 1.29 is 4.79 Å². The zero-order valence-electron chi connectivity index (χ0n) is 16.8. The van der Waals surface area contributed by atoms with Gasteiger partial charge >= 0.3 is 0 Å². The second-order valence-corrected chi connectivity index (χ2v) is 7.65. The Kier molecular flexibility index (Phi) is 7.20. The molecule has 28 heavy (non-hydrogen) atoms. The van der Waals surface area contributed by atoms with E-state index in [9.17, 15) is 4.79 Å². The summed E-state index contributed by atoms with van der Waals surface area (Å²) in [6.45, 7) is 9.89. The molecule has 1 aliphatic rings. The number of rotatable bonds is 7. The lowest BCUT2D eigenvalue weighted by Crippen LogP contribution is -2.47. The first kappa shape index (κ1) is 20.1. The zero-order valence-corrected chi connectivity index (χ0v) is 16.8. The Bertz CT molecular complexity index is 763. The molecule has 1 aromatic heterocycles. The van der Waals surface area contributed by atoms with Crippen LogP contribution in [0.1, 0.15) is 25.8 Å². The molecule has 2 aromatic rings. The average Bonchev–Trinajstić information content (AvgIpc) is 2.72. The fraction of sp³-hybridized carbons (Fsp3) is 0.391. The summed E-state index contributed by atoms with van der Waals surface area (Å²) in [4.78, 5) is 21.5. The highest BCUT2D eigenvalue weighted by molar-refractivity contribution is 6.01. The standard InChI is InChI=1S/C23H30N4O/c1-19(2)12-13-26-14-16-27(17-15-26)22-10-9-21(18-24-22)25-23(28)11-8-20-6-4-3-5-7-20/h3-11,18-19H,12-17H2,1-2H3,(H,25,28)/b11-8+. The van der Waals surface area contributed by atoms with Crippen molar-refractivity contribution in [3.63, 3.8) is 0 Å². The van der Waals surface area contributed by atoms with Crippen LogP contribution in [-0.4, -0.2) is 48.5 Å². The Hall–Kier alpha value is -2.66. The molecule has 1 aliphatic heterocycles. The van der Waals surface area contributed by atoms with Gasteiger partial charge in [0.1, 0.15) is 5.82 Å². The average molecular weight is 379 g/mol. The minimum Gasteiger partial charge on any atom is -0.354 e. The van der Waals surface area contributed by atoms with Crippen LogP contribution in [-0.2, 0) is 4.79 Å². The van der Waals surface area contributed by atoms with Crippen LogP contribution in [0.5, 0.6) is 0 Å². The van der Waals surface area contributed by atoms with E-state index in [0.717, 1.165) is 43.5 Å².